The van der Waals surface area contributed by atoms with Gasteiger partial charge in [0, 0.05) is 40.4 Å². The number of amides is 1. The maximum Gasteiger partial charge on any atom is 0.325 e. The van der Waals surface area contributed by atoms with Crippen molar-refractivity contribution in [2.75, 3.05) is 11.9 Å². The molecule has 184 valence electrons. The van der Waals surface area contributed by atoms with Gasteiger partial charge >= 0.3 is 11.6 Å². The number of carbonyl (C=O) groups excluding carboxylic acids is 1. The number of aliphatic hydroxyl groups is 1. The molecule has 35 heavy (non-hydrogen) atoms. The lowest BCUT2D eigenvalue weighted by atomic mass is 9.71. The maximum atomic E-state index is 13.2. The van der Waals surface area contributed by atoms with Gasteiger partial charge in [-0.2, -0.15) is 5.10 Å². The van der Waals surface area contributed by atoms with Crippen LogP contribution in [0.25, 0.3) is 10.9 Å². The fraction of sp³-hybridized carbons (Fsp3) is 0.519. The highest BCUT2D eigenvalue weighted by molar-refractivity contribution is 6.04. The van der Waals surface area contributed by atoms with Crippen LogP contribution in [0, 0.1) is 11.8 Å². The molecule has 6 rings (SSSR count). The van der Waals surface area contributed by atoms with Crippen LogP contribution >= 0.6 is 0 Å². The molecule has 8 heteroatoms. The van der Waals surface area contributed by atoms with Crippen molar-refractivity contribution < 1.29 is 24.6 Å². The molecular formula is C27H33N4O4+. The molecule has 0 spiro atoms. The summed E-state index contributed by atoms with van der Waals surface area (Å²) >= 11 is 0. The molecule has 2 aromatic heterocycles. The Morgan fingerprint density at radius 2 is 2.00 bits per heavy atom. The Labute approximate surface area is 204 Å². The lowest BCUT2D eigenvalue weighted by Gasteiger charge is -2.42. The van der Waals surface area contributed by atoms with Crippen LogP contribution in [-0.2, 0) is 0 Å². The zero-order chi connectivity index (χ0) is 24.3. The second kappa shape index (κ2) is 8.22. The maximum absolute atomic E-state index is 13.2. The van der Waals surface area contributed by atoms with Gasteiger partial charge in [-0.15, -0.1) is 0 Å². The van der Waals surface area contributed by atoms with Crippen LogP contribution < -0.4 is 14.8 Å². The van der Waals surface area contributed by atoms with Gasteiger partial charge in [0.15, 0.2) is 0 Å². The van der Waals surface area contributed by atoms with E-state index in [1.165, 1.54) is 12.8 Å². The zero-order valence-electron chi connectivity index (χ0n) is 20.3. The number of pyridine rings is 1. The Morgan fingerprint density at radius 1 is 1.23 bits per heavy atom. The number of benzene rings is 1. The van der Waals surface area contributed by atoms with Crippen LogP contribution in [0.4, 0.5) is 5.69 Å². The molecule has 3 saturated carbocycles. The fourth-order valence-electron chi connectivity index (χ4n) is 4.91. The quantitative estimate of drug-likeness (QED) is 0.333. The highest BCUT2D eigenvalue weighted by Gasteiger charge is 2.40. The van der Waals surface area contributed by atoms with Crippen LogP contribution in [0.2, 0.25) is 0 Å². The Morgan fingerprint density at radius 3 is 2.69 bits per heavy atom. The van der Waals surface area contributed by atoms with Crippen molar-refractivity contribution in [1.29, 1.82) is 0 Å². The van der Waals surface area contributed by atoms with Gasteiger partial charge < -0.3 is 15.2 Å². The Balaban J connectivity index is 1.27. The molecule has 1 amide bonds. The molecule has 0 aliphatic heterocycles. The number of hydrogen-bond donors (Lipinski definition) is 3. The molecule has 1 aromatic carbocycles. The minimum absolute atomic E-state index is 0.200. The summed E-state index contributed by atoms with van der Waals surface area (Å²) in [5, 5.41) is 29.6. The zero-order valence-corrected chi connectivity index (χ0v) is 20.3. The molecule has 0 bridgehead atoms. The number of hydrogen-bond acceptors (Lipinski definition) is 5. The van der Waals surface area contributed by atoms with Crippen LogP contribution in [-0.4, -0.2) is 38.2 Å². The van der Waals surface area contributed by atoms with E-state index in [9.17, 15) is 15.1 Å². The average molecular weight is 478 g/mol. The van der Waals surface area contributed by atoms with Crippen molar-refractivity contribution in [2.24, 2.45) is 11.8 Å². The van der Waals surface area contributed by atoms with Gasteiger partial charge in [-0.25, -0.2) is 0 Å². The van der Waals surface area contributed by atoms with E-state index in [0.717, 1.165) is 47.0 Å². The molecule has 3 aromatic rings. The third-order valence-corrected chi connectivity index (χ3v) is 7.75. The van der Waals surface area contributed by atoms with Crippen molar-refractivity contribution in [3.8, 4) is 5.75 Å². The standard InChI is InChI=1S/C27H32N4O4/c1-27(2,33)19-11-20(12-19)30-14-18-10-22(25(13-21(18)29-30)35-15-16-6-7-16)28-26(32)24-5-3-4-23(31(24)34)17-8-9-17/h3-5,10,13-14,16-17,19-20,33H,6-9,11-12,15H2,1-2H3,(H-,28,32,34)/p+1/t19-,20-. The Kier molecular flexibility index (Phi) is 5.25. The summed E-state index contributed by atoms with van der Waals surface area (Å²) in [6, 6.07) is 9.35. The predicted molar refractivity (Wildman–Crippen MR) is 130 cm³/mol. The molecule has 2 heterocycles. The molecule has 3 N–H and O–H groups in total. The number of aromatic nitrogens is 3. The Bertz CT molecular complexity index is 1280. The molecule has 3 aliphatic rings. The normalized spacial score (nSPS) is 22.1. The van der Waals surface area contributed by atoms with Crippen molar-refractivity contribution in [3.05, 3.63) is 47.9 Å². The highest BCUT2D eigenvalue weighted by atomic mass is 16.5. The summed E-state index contributed by atoms with van der Waals surface area (Å²) in [4.78, 5) is 13.2. The van der Waals surface area contributed by atoms with Crippen molar-refractivity contribution >= 4 is 22.5 Å². The molecule has 3 fully saturated rings. The second-order valence-electron chi connectivity index (χ2n) is 11.1. The Hall–Kier alpha value is -3.13. The first-order chi connectivity index (χ1) is 16.8. The summed E-state index contributed by atoms with van der Waals surface area (Å²) < 4.78 is 9.11. The van der Waals surface area contributed by atoms with Crippen LogP contribution in [0.3, 0.4) is 0 Å². The van der Waals surface area contributed by atoms with E-state index in [1.807, 2.05) is 49.0 Å². The molecule has 0 saturated heterocycles. The molecule has 0 radical (unpaired) electrons. The van der Waals surface area contributed by atoms with Crippen molar-refractivity contribution in [2.45, 2.75) is 69.9 Å². The largest absolute Gasteiger partial charge is 0.491 e. The number of fused-ring (bicyclic) bond motifs is 1. The lowest BCUT2D eigenvalue weighted by Crippen LogP contribution is -2.43. The third-order valence-electron chi connectivity index (χ3n) is 7.75. The highest BCUT2D eigenvalue weighted by Crippen LogP contribution is 2.44. The van der Waals surface area contributed by atoms with Gasteiger partial charge in [0.25, 0.3) is 0 Å². The van der Waals surface area contributed by atoms with E-state index < -0.39 is 5.60 Å². The molecule has 0 atom stereocenters. The topological polar surface area (TPSA) is 100 Å². The average Bonchev–Trinajstić information content (AvgIpc) is 3.68. The first-order valence-electron chi connectivity index (χ1n) is 12.7. The van der Waals surface area contributed by atoms with Crippen LogP contribution in [0.15, 0.2) is 36.5 Å². The van der Waals surface area contributed by atoms with Gasteiger partial charge in [-0.3, -0.25) is 14.7 Å². The number of nitrogens with zero attached hydrogens (tertiary/aromatic N) is 3. The number of rotatable bonds is 8. The van der Waals surface area contributed by atoms with Crippen molar-refractivity contribution in [3.63, 3.8) is 0 Å². The van der Waals surface area contributed by atoms with E-state index in [-0.39, 0.29) is 23.6 Å². The number of anilines is 1. The minimum atomic E-state index is -0.676. The van der Waals surface area contributed by atoms with Gasteiger partial charge in [0.2, 0.25) is 5.69 Å². The first kappa shape index (κ1) is 22.3. The summed E-state index contributed by atoms with van der Waals surface area (Å²) in [6.45, 7) is 4.34. The third kappa shape index (κ3) is 4.47. The predicted octanol–water partition coefficient (Wildman–Crippen LogP) is 4.20. The van der Waals surface area contributed by atoms with Crippen LogP contribution in [0.5, 0.6) is 5.75 Å². The van der Waals surface area contributed by atoms with Gasteiger partial charge in [0.05, 0.1) is 29.5 Å². The fourth-order valence-corrected chi connectivity index (χ4v) is 4.91. The van der Waals surface area contributed by atoms with E-state index in [2.05, 4.69) is 5.32 Å². The van der Waals surface area contributed by atoms with Crippen molar-refractivity contribution in [1.82, 2.24) is 9.78 Å². The monoisotopic (exact) mass is 477 g/mol. The number of carbonyl (C=O) groups is 1. The summed E-state index contributed by atoms with van der Waals surface area (Å²) in [5.74, 6) is 1.35. The smallest absolute Gasteiger partial charge is 0.325 e. The molecule has 8 nitrogen and oxygen atoms in total. The molecule has 0 unspecified atom stereocenters. The van der Waals surface area contributed by atoms with E-state index in [1.54, 1.807) is 6.07 Å². The minimum Gasteiger partial charge on any atom is -0.491 e. The lowest BCUT2D eigenvalue weighted by molar-refractivity contribution is -0.910. The van der Waals surface area contributed by atoms with Gasteiger partial charge in [-0.1, -0.05) is 0 Å². The first-order valence-corrected chi connectivity index (χ1v) is 12.7. The SMILES string of the molecule is CC(C)(O)[C@H]1C[C@H](n2cc3cc(NC(=O)c4cccc(C5CC5)[n+]4O)c(OCC4CC4)cc3n2)C1. The molecular weight excluding hydrogens is 444 g/mol. The summed E-state index contributed by atoms with van der Waals surface area (Å²) in [7, 11) is 0. The second-order valence-corrected chi connectivity index (χ2v) is 11.1. The van der Waals surface area contributed by atoms with E-state index in [0.29, 0.717) is 29.9 Å². The summed E-state index contributed by atoms with van der Waals surface area (Å²) in [5.41, 5.74) is 1.68. The summed E-state index contributed by atoms with van der Waals surface area (Å²) in [6.07, 6.45) is 8.18. The van der Waals surface area contributed by atoms with E-state index in [4.69, 9.17) is 9.84 Å². The van der Waals surface area contributed by atoms with E-state index >= 15 is 0 Å². The number of nitrogens with one attached hydrogen (secondary N) is 1. The molecule has 3 aliphatic carbocycles. The van der Waals surface area contributed by atoms with Crippen LogP contribution in [0.1, 0.15) is 80.5 Å². The van der Waals surface area contributed by atoms with Gasteiger partial charge in [0.1, 0.15) is 5.75 Å². The van der Waals surface area contributed by atoms with Gasteiger partial charge in [-0.05, 0) is 76.3 Å². The number of ether oxygens (including phenoxy) is 1.